The molecular formula is C18H20N2O2S. The fourth-order valence-corrected chi connectivity index (χ4v) is 4.11. The molecule has 0 aliphatic carbocycles. The fraction of sp³-hybridized carbons (Fsp3) is 0.222. The molecule has 0 aliphatic heterocycles. The van der Waals surface area contributed by atoms with Gasteiger partial charge in [0, 0.05) is 17.1 Å². The summed E-state index contributed by atoms with van der Waals surface area (Å²) in [6, 6.07) is 14.4. The van der Waals surface area contributed by atoms with Crippen LogP contribution in [0.25, 0.3) is 10.9 Å². The largest absolute Gasteiger partial charge is 0.360 e. The van der Waals surface area contributed by atoms with Crippen molar-refractivity contribution in [3.8, 4) is 0 Å². The average molecular weight is 328 g/mol. The van der Waals surface area contributed by atoms with Crippen LogP contribution in [0.4, 0.5) is 0 Å². The second-order valence-corrected chi connectivity index (χ2v) is 7.37. The van der Waals surface area contributed by atoms with Gasteiger partial charge in [-0.2, -0.15) is 0 Å². The number of sulfone groups is 1. The Morgan fingerprint density at radius 3 is 2.61 bits per heavy atom. The van der Waals surface area contributed by atoms with Gasteiger partial charge in [0.2, 0.25) is 9.84 Å². The molecule has 120 valence electrons. The molecule has 0 unspecified atom stereocenters. The molecule has 3 aromatic rings. The second-order valence-electron chi connectivity index (χ2n) is 5.45. The summed E-state index contributed by atoms with van der Waals surface area (Å²) in [5.41, 5.74) is 2.04. The van der Waals surface area contributed by atoms with Crippen molar-refractivity contribution < 1.29 is 8.42 Å². The van der Waals surface area contributed by atoms with E-state index in [-0.39, 0.29) is 0 Å². The van der Waals surface area contributed by atoms with E-state index in [0.717, 1.165) is 30.4 Å². The maximum atomic E-state index is 12.8. The smallest absolute Gasteiger partial charge is 0.208 e. The number of rotatable bonds is 6. The van der Waals surface area contributed by atoms with Crippen molar-refractivity contribution >= 4 is 20.7 Å². The highest BCUT2D eigenvalue weighted by Crippen LogP contribution is 2.28. The Morgan fingerprint density at radius 1 is 1.09 bits per heavy atom. The van der Waals surface area contributed by atoms with Gasteiger partial charge < -0.3 is 10.3 Å². The number of hydrogen-bond acceptors (Lipinski definition) is 3. The minimum absolute atomic E-state index is 0.317. The van der Waals surface area contributed by atoms with Crippen molar-refractivity contribution in [3.05, 3.63) is 60.3 Å². The summed E-state index contributed by atoms with van der Waals surface area (Å²) in [5.74, 6) is 0. The van der Waals surface area contributed by atoms with E-state index < -0.39 is 9.84 Å². The zero-order chi connectivity index (χ0) is 16.3. The standard InChI is InChI=1S/C18H20N2O2S/c1-2-19-11-10-14-8-9-16-17(12-14)20-13-18(16)23(21,22)15-6-4-3-5-7-15/h3-9,12-13,19-20H,2,10-11H2,1H3. The Kier molecular flexibility index (Phi) is 4.50. The molecule has 0 atom stereocenters. The van der Waals surface area contributed by atoms with Crippen LogP contribution in [-0.4, -0.2) is 26.5 Å². The first kappa shape index (κ1) is 15.8. The third-order valence-electron chi connectivity index (χ3n) is 3.89. The van der Waals surface area contributed by atoms with Crippen LogP contribution < -0.4 is 5.32 Å². The highest BCUT2D eigenvalue weighted by molar-refractivity contribution is 7.91. The molecule has 5 heteroatoms. The van der Waals surface area contributed by atoms with E-state index in [1.165, 1.54) is 5.56 Å². The van der Waals surface area contributed by atoms with E-state index in [2.05, 4.69) is 17.2 Å². The first-order chi connectivity index (χ1) is 11.1. The number of aromatic nitrogens is 1. The lowest BCUT2D eigenvalue weighted by molar-refractivity contribution is 0.597. The molecule has 4 nitrogen and oxygen atoms in total. The molecule has 0 spiro atoms. The van der Waals surface area contributed by atoms with Crippen LogP contribution in [0.3, 0.4) is 0 Å². The lowest BCUT2D eigenvalue weighted by Gasteiger charge is -2.05. The monoisotopic (exact) mass is 328 g/mol. The molecule has 23 heavy (non-hydrogen) atoms. The SMILES string of the molecule is CCNCCc1ccc2c(S(=O)(=O)c3ccccc3)c[nH]c2c1. The maximum Gasteiger partial charge on any atom is 0.208 e. The summed E-state index contributed by atoms with van der Waals surface area (Å²) in [5, 5.41) is 4.03. The van der Waals surface area contributed by atoms with Crippen molar-refractivity contribution in [1.29, 1.82) is 0 Å². The van der Waals surface area contributed by atoms with Crippen molar-refractivity contribution in [1.82, 2.24) is 10.3 Å². The topological polar surface area (TPSA) is 62.0 Å². The Balaban J connectivity index is 1.97. The number of likely N-dealkylation sites (N-methyl/N-ethyl adjacent to an activating group) is 1. The summed E-state index contributed by atoms with van der Waals surface area (Å²) < 4.78 is 25.5. The molecule has 0 bridgehead atoms. The second kappa shape index (κ2) is 6.56. The van der Waals surface area contributed by atoms with E-state index in [0.29, 0.717) is 9.79 Å². The number of nitrogens with one attached hydrogen (secondary N) is 2. The number of H-pyrrole nitrogens is 1. The molecule has 0 fully saturated rings. The van der Waals surface area contributed by atoms with Crippen LogP contribution >= 0.6 is 0 Å². The highest BCUT2D eigenvalue weighted by Gasteiger charge is 2.21. The Labute approximate surface area is 136 Å². The van der Waals surface area contributed by atoms with Crippen LogP contribution in [0.1, 0.15) is 12.5 Å². The summed E-state index contributed by atoms with van der Waals surface area (Å²) in [6.07, 6.45) is 2.50. The quantitative estimate of drug-likeness (QED) is 0.683. The van der Waals surface area contributed by atoms with Gasteiger partial charge in [-0.1, -0.05) is 37.3 Å². The number of aromatic amines is 1. The van der Waals surface area contributed by atoms with Crippen LogP contribution in [0.5, 0.6) is 0 Å². The van der Waals surface area contributed by atoms with Gasteiger partial charge >= 0.3 is 0 Å². The summed E-state index contributed by atoms with van der Waals surface area (Å²) in [4.78, 5) is 3.74. The maximum absolute atomic E-state index is 12.8. The molecule has 0 amide bonds. The third-order valence-corrected chi connectivity index (χ3v) is 5.70. The van der Waals surface area contributed by atoms with Crippen LogP contribution in [0.2, 0.25) is 0 Å². The zero-order valence-electron chi connectivity index (χ0n) is 13.0. The van der Waals surface area contributed by atoms with E-state index in [4.69, 9.17) is 0 Å². The molecule has 3 rings (SSSR count). The summed E-state index contributed by atoms with van der Waals surface area (Å²) in [6.45, 7) is 3.94. The van der Waals surface area contributed by atoms with E-state index in [1.54, 1.807) is 30.5 Å². The number of hydrogen-bond donors (Lipinski definition) is 2. The molecule has 2 N–H and O–H groups in total. The van der Waals surface area contributed by atoms with Gasteiger partial charge in [-0.25, -0.2) is 8.42 Å². The van der Waals surface area contributed by atoms with Gasteiger partial charge in [-0.05, 0) is 43.3 Å². The minimum Gasteiger partial charge on any atom is -0.360 e. The van der Waals surface area contributed by atoms with Crippen LogP contribution in [-0.2, 0) is 16.3 Å². The van der Waals surface area contributed by atoms with Crippen LogP contribution in [0, 0.1) is 0 Å². The molecule has 0 saturated heterocycles. The van der Waals surface area contributed by atoms with Crippen molar-refractivity contribution in [2.45, 2.75) is 23.1 Å². The van der Waals surface area contributed by atoms with Gasteiger partial charge in [0.15, 0.2) is 0 Å². The average Bonchev–Trinajstić information content (AvgIpc) is 3.00. The first-order valence-corrected chi connectivity index (χ1v) is 9.22. The number of fused-ring (bicyclic) bond motifs is 1. The first-order valence-electron chi connectivity index (χ1n) is 7.74. The van der Waals surface area contributed by atoms with Crippen LogP contribution in [0.15, 0.2) is 64.5 Å². The summed E-state index contributed by atoms with van der Waals surface area (Å²) in [7, 11) is -3.50. The van der Waals surface area contributed by atoms with Crippen molar-refractivity contribution in [3.63, 3.8) is 0 Å². The normalized spacial score (nSPS) is 11.9. The van der Waals surface area contributed by atoms with Crippen molar-refractivity contribution in [2.75, 3.05) is 13.1 Å². The fourth-order valence-electron chi connectivity index (χ4n) is 2.66. The Bertz CT molecular complexity index is 899. The third kappa shape index (κ3) is 3.16. The van der Waals surface area contributed by atoms with E-state index in [9.17, 15) is 8.42 Å². The number of benzene rings is 2. The van der Waals surface area contributed by atoms with E-state index >= 15 is 0 Å². The summed E-state index contributed by atoms with van der Waals surface area (Å²) >= 11 is 0. The van der Waals surface area contributed by atoms with Gasteiger partial charge in [0.1, 0.15) is 0 Å². The lowest BCUT2D eigenvalue weighted by atomic mass is 10.1. The predicted molar refractivity (Wildman–Crippen MR) is 92.4 cm³/mol. The van der Waals surface area contributed by atoms with E-state index in [1.807, 2.05) is 24.3 Å². The van der Waals surface area contributed by atoms with Gasteiger partial charge in [0.25, 0.3) is 0 Å². The van der Waals surface area contributed by atoms with Gasteiger partial charge in [0.05, 0.1) is 9.79 Å². The Hall–Kier alpha value is -2.11. The molecule has 0 radical (unpaired) electrons. The zero-order valence-corrected chi connectivity index (χ0v) is 13.9. The highest BCUT2D eigenvalue weighted by atomic mass is 32.2. The molecule has 1 heterocycles. The Morgan fingerprint density at radius 2 is 1.87 bits per heavy atom. The minimum atomic E-state index is -3.50. The molecule has 0 saturated carbocycles. The molecule has 1 aromatic heterocycles. The molecular weight excluding hydrogens is 308 g/mol. The molecule has 2 aromatic carbocycles. The molecule has 0 aliphatic rings. The van der Waals surface area contributed by atoms with Crippen molar-refractivity contribution in [2.24, 2.45) is 0 Å². The predicted octanol–water partition coefficient (Wildman–Crippen LogP) is 3.15. The van der Waals surface area contributed by atoms with Gasteiger partial charge in [-0.3, -0.25) is 0 Å². The lowest BCUT2D eigenvalue weighted by Crippen LogP contribution is -2.15. The van der Waals surface area contributed by atoms with Gasteiger partial charge in [-0.15, -0.1) is 0 Å².